The van der Waals surface area contributed by atoms with Crippen LogP contribution in [-0.2, 0) is 32.7 Å². The Bertz CT molecular complexity index is 565. The van der Waals surface area contributed by atoms with Crippen LogP contribution < -0.4 is 0 Å². The number of likely N-dealkylation sites (N-methyl/N-ethyl adjacent to an activating group) is 1. The van der Waals surface area contributed by atoms with Crippen molar-refractivity contribution in [3.05, 3.63) is 0 Å². The molecule has 0 saturated heterocycles. The van der Waals surface area contributed by atoms with Gasteiger partial charge in [0.05, 0.1) is 27.7 Å². The highest BCUT2D eigenvalue weighted by molar-refractivity contribution is 7.47. The summed E-state index contributed by atoms with van der Waals surface area (Å²) in [6, 6.07) is 0. The third-order valence-corrected chi connectivity index (χ3v) is 5.59. The van der Waals surface area contributed by atoms with Crippen molar-refractivity contribution in [3.63, 3.8) is 0 Å². The zero-order chi connectivity index (χ0) is 24.5. The van der Waals surface area contributed by atoms with Gasteiger partial charge in [-0.15, -0.1) is 0 Å². The number of ether oxygens (including phenoxy) is 2. The van der Waals surface area contributed by atoms with Crippen molar-refractivity contribution < 1.29 is 42.1 Å². The van der Waals surface area contributed by atoms with E-state index < -0.39 is 26.5 Å². The SMILES string of the molecule is CCCCCCCCCC(=O)OCC(COP(=O)(O)OCC[N+](C)(C)C)OC(=O)CCC. The monoisotopic (exact) mass is 482 g/mol. The number of nitrogens with zero attached hydrogens (tertiary/aromatic N) is 1. The van der Waals surface area contributed by atoms with E-state index in [1.54, 1.807) is 0 Å². The van der Waals surface area contributed by atoms with Gasteiger partial charge in [-0.25, -0.2) is 4.57 Å². The van der Waals surface area contributed by atoms with E-state index in [1.165, 1.54) is 25.7 Å². The summed E-state index contributed by atoms with van der Waals surface area (Å²) in [6.45, 7) is 3.91. The number of phosphoric ester groups is 1. The number of unbranched alkanes of at least 4 members (excludes halogenated alkanes) is 6. The van der Waals surface area contributed by atoms with Crippen molar-refractivity contribution in [2.45, 2.75) is 84.2 Å². The van der Waals surface area contributed by atoms with Crippen molar-refractivity contribution in [2.24, 2.45) is 0 Å². The number of carbonyl (C=O) groups is 2. The Morgan fingerprint density at radius 3 is 2.06 bits per heavy atom. The molecule has 2 unspecified atom stereocenters. The van der Waals surface area contributed by atoms with Gasteiger partial charge in [-0.05, 0) is 12.8 Å². The van der Waals surface area contributed by atoms with Gasteiger partial charge in [0.15, 0.2) is 6.10 Å². The number of hydrogen-bond donors (Lipinski definition) is 1. The Balaban J connectivity index is 4.42. The van der Waals surface area contributed by atoms with Gasteiger partial charge in [-0.2, -0.15) is 0 Å². The van der Waals surface area contributed by atoms with Gasteiger partial charge < -0.3 is 18.9 Å². The Kier molecular flexibility index (Phi) is 16.9. The smallest absolute Gasteiger partial charge is 0.462 e. The molecule has 0 rings (SSSR count). The van der Waals surface area contributed by atoms with E-state index >= 15 is 0 Å². The molecule has 2 atom stereocenters. The third-order valence-electron chi connectivity index (χ3n) is 4.61. The van der Waals surface area contributed by atoms with Crippen LogP contribution in [0.2, 0.25) is 0 Å². The molecule has 0 fully saturated rings. The van der Waals surface area contributed by atoms with E-state index in [4.69, 9.17) is 18.5 Å². The quantitative estimate of drug-likeness (QED) is 0.119. The summed E-state index contributed by atoms with van der Waals surface area (Å²) >= 11 is 0. The summed E-state index contributed by atoms with van der Waals surface area (Å²) in [7, 11) is 1.47. The highest BCUT2D eigenvalue weighted by atomic mass is 31.2. The highest BCUT2D eigenvalue weighted by Crippen LogP contribution is 2.43. The predicted molar refractivity (Wildman–Crippen MR) is 123 cm³/mol. The molecule has 0 aromatic carbocycles. The molecule has 0 aliphatic heterocycles. The van der Waals surface area contributed by atoms with E-state index in [-0.39, 0.29) is 32.0 Å². The Morgan fingerprint density at radius 2 is 1.47 bits per heavy atom. The van der Waals surface area contributed by atoms with Gasteiger partial charge in [0.1, 0.15) is 19.8 Å². The zero-order valence-electron chi connectivity index (χ0n) is 20.7. The molecule has 0 aromatic rings. The van der Waals surface area contributed by atoms with Gasteiger partial charge >= 0.3 is 19.8 Å². The molecular formula is C22H45NO8P+. The van der Waals surface area contributed by atoms with E-state index in [0.29, 0.717) is 17.4 Å². The summed E-state index contributed by atoms with van der Waals surface area (Å²) in [6.07, 6.45) is 7.74. The predicted octanol–water partition coefficient (Wildman–Crippen LogP) is 4.22. The Labute approximate surface area is 193 Å². The van der Waals surface area contributed by atoms with E-state index in [2.05, 4.69) is 6.92 Å². The van der Waals surface area contributed by atoms with Gasteiger partial charge in [-0.1, -0.05) is 52.4 Å². The van der Waals surface area contributed by atoms with E-state index in [9.17, 15) is 19.0 Å². The number of hydrogen-bond acceptors (Lipinski definition) is 7. The summed E-state index contributed by atoms with van der Waals surface area (Å²) in [4.78, 5) is 33.7. The summed E-state index contributed by atoms with van der Waals surface area (Å²) in [5.41, 5.74) is 0. The molecule has 0 bridgehead atoms. The van der Waals surface area contributed by atoms with Gasteiger partial charge in [0.2, 0.25) is 0 Å². The van der Waals surface area contributed by atoms with E-state index in [1.807, 2.05) is 28.1 Å². The van der Waals surface area contributed by atoms with Gasteiger partial charge in [0.25, 0.3) is 0 Å². The van der Waals surface area contributed by atoms with Gasteiger partial charge in [-0.3, -0.25) is 18.6 Å². The second kappa shape index (κ2) is 17.5. The standard InChI is InChI=1S/C22H44NO8P/c1-6-8-9-10-11-12-13-15-21(24)28-18-20(31-22(25)14-7-2)19-30-32(26,27)29-17-16-23(3,4)5/h20H,6-19H2,1-5H3/p+1. The van der Waals surface area contributed by atoms with Crippen LogP contribution in [0, 0.1) is 0 Å². The normalized spacial score (nSPS) is 14.6. The lowest BCUT2D eigenvalue weighted by Gasteiger charge is -2.24. The Morgan fingerprint density at radius 1 is 0.844 bits per heavy atom. The molecule has 10 heteroatoms. The molecule has 190 valence electrons. The van der Waals surface area contributed by atoms with Crippen LogP contribution >= 0.6 is 7.82 Å². The zero-order valence-corrected chi connectivity index (χ0v) is 21.6. The highest BCUT2D eigenvalue weighted by Gasteiger charge is 2.26. The van der Waals surface area contributed by atoms with Crippen molar-refractivity contribution in [1.82, 2.24) is 0 Å². The van der Waals surface area contributed by atoms with Crippen molar-refractivity contribution in [3.8, 4) is 0 Å². The molecule has 0 spiro atoms. The van der Waals surface area contributed by atoms with Crippen LogP contribution in [0.5, 0.6) is 0 Å². The maximum Gasteiger partial charge on any atom is 0.472 e. The topological polar surface area (TPSA) is 108 Å². The van der Waals surface area contributed by atoms with Gasteiger partial charge in [0, 0.05) is 12.8 Å². The average Bonchev–Trinajstić information content (AvgIpc) is 2.68. The number of phosphoric acid groups is 1. The second-order valence-electron chi connectivity index (χ2n) is 9.03. The molecule has 0 amide bonds. The number of carbonyl (C=O) groups excluding carboxylic acids is 2. The molecule has 0 aliphatic rings. The van der Waals surface area contributed by atoms with Crippen LogP contribution in [0.3, 0.4) is 0 Å². The second-order valence-corrected chi connectivity index (χ2v) is 10.5. The lowest BCUT2D eigenvalue weighted by Crippen LogP contribution is -2.37. The van der Waals surface area contributed by atoms with Crippen LogP contribution in [0.25, 0.3) is 0 Å². The van der Waals surface area contributed by atoms with E-state index in [0.717, 1.165) is 19.3 Å². The molecule has 0 saturated carbocycles. The fourth-order valence-corrected chi connectivity index (χ4v) is 3.44. The number of esters is 2. The van der Waals surface area contributed by atoms with Crippen molar-refractivity contribution >= 4 is 19.8 Å². The lowest BCUT2D eigenvalue weighted by molar-refractivity contribution is -0.870. The van der Waals surface area contributed by atoms with Crippen LogP contribution in [0.15, 0.2) is 0 Å². The maximum atomic E-state index is 12.1. The molecule has 0 radical (unpaired) electrons. The molecule has 1 N–H and O–H groups in total. The number of quaternary nitrogens is 1. The summed E-state index contributed by atoms with van der Waals surface area (Å²) in [5, 5.41) is 0. The van der Waals surface area contributed by atoms with Crippen LogP contribution in [0.1, 0.15) is 78.1 Å². The minimum absolute atomic E-state index is 0.0327. The molecule has 9 nitrogen and oxygen atoms in total. The van der Waals surface area contributed by atoms with Crippen molar-refractivity contribution in [2.75, 3.05) is 47.5 Å². The first-order valence-electron chi connectivity index (χ1n) is 11.8. The minimum Gasteiger partial charge on any atom is -0.462 e. The fraction of sp³-hybridized carbons (Fsp3) is 0.909. The van der Waals surface area contributed by atoms with Crippen LogP contribution in [-0.4, -0.2) is 74.9 Å². The largest absolute Gasteiger partial charge is 0.472 e. The maximum absolute atomic E-state index is 12.1. The molecule has 0 aliphatic carbocycles. The third kappa shape index (κ3) is 19.7. The molecule has 0 aromatic heterocycles. The Hall–Kier alpha value is -0.990. The molecule has 32 heavy (non-hydrogen) atoms. The average molecular weight is 483 g/mol. The lowest BCUT2D eigenvalue weighted by atomic mass is 10.1. The van der Waals surface area contributed by atoms with Crippen molar-refractivity contribution in [1.29, 1.82) is 0 Å². The van der Waals surface area contributed by atoms with Crippen LogP contribution in [0.4, 0.5) is 0 Å². The first kappa shape index (κ1) is 31.0. The minimum atomic E-state index is -4.31. The molecule has 0 heterocycles. The summed E-state index contributed by atoms with van der Waals surface area (Å²) in [5.74, 6) is -0.871. The fourth-order valence-electron chi connectivity index (χ4n) is 2.69. The summed E-state index contributed by atoms with van der Waals surface area (Å²) < 4.78 is 33.0. The first-order valence-corrected chi connectivity index (χ1v) is 13.3. The number of rotatable bonds is 20. The first-order chi connectivity index (χ1) is 15.0. The molecular weight excluding hydrogens is 437 g/mol.